The molecule has 3 aromatic rings. The molecule has 30 heavy (non-hydrogen) atoms. The summed E-state index contributed by atoms with van der Waals surface area (Å²) in [6.07, 6.45) is 2.01. The fraction of sp³-hybridized carbons (Fsp3) is 0.348. The number of rotatable bonds is 4. The number of ether oxygens (including phenoxy) is 1. The van der Waals surface area contributed by atoms with E-state index in [-0.39, 0.29) is 35.1 Å². The Labute approximate surface area is 171 Å². The molecule has 0 spiro atoms. The van der Waals surface area contributed by atoms with Crippen LogP contribution >= 0.6 is 0 Å². The summed E-state index contributed by atoms with van der Waals surface area (Å²) in [4.78, 5) is 15.6. The summed E-state index contributed by atoms with van der Waals surface area (Å²) in [7, 11) is 0. The molecule has 1 saturated carbocycles. The normalized spacial score (nSPS) is 23.5. The van der Waals surface area contributed by atoms with E-state index in [2.05, 4.69) is 10.3 Å². The standard InChI is InChI=1S/C23H21F3N2O2/c24-15-3-1-12(2-4-15)21-20(18-9-16(25)10-19(26)22(18)28-21)13-7-14(8-13)23(29)27-17-5-6-30-11-17/h1-4,9-10,13-14,17,28H,5-8,11H2,(H,27,29)/t13-,14-,17-/m1/s1. The molecule has 0 bridgehead atoms. The number of aromatic nitrogens is 1. The third-order valence-electron chi connectivity index (χ3n) is 6.19. The Balaban J connectivity index is 1.46. The second-order valence-electron chi connectivity index (χ2n) is 8.17. The summed E-state index contributed by atoms with van der Waals surface area (Å²) in [5.41, 5.74) is 2.34. The van der Waals surface area contributed by atoms with Crippen molar-refractivity contribution in [3.05, 3.63) is 59.4 Å². The molecule has 5 rings (SSSR count). The third kappa shape index (κ3) is 3.37. The molecule has 2 heterocycles. The van der Waals surface area contributed by atoms with Gasteiger partial charge in [-0.1, -0.05) is 0 Å². The molecule has 1 aliphatic carbocycles. The molecule has 2 N–H and O–H groups in total. The SMILES string of the molecule is O=C(N[C@@H]1CCOC1)[C@H]1C[C@H](c2c(-c3ccc(F)cc3)[nH]c3c(F)cc(F)cc32)C1. The average Bonchev–Trinajstić information content (AvgIpc) is 3.30. The van der Waals surface area contributed by atoms with Gasteiger partial charge in [-0.05, 0) is 66.6 Å². The number of amides is 1. The molecule has 7 heteroatoms. The minimum Gasteiger partial charge on any atom is -0.379 e. The zero-order valence-electron chi connectivity index (χ0n) is 16.2. The Morgan fingerprint density at radius 3 is 2.53 bits per heavy atom. The Hall–Kier alpha value is -2.80. The van der Waals surface area contributed by atoms with E-state index in [1.165, 1.54) is 18.2 Å². The van der Waals surface area contributed by atoms with Gasteiger partial charge in [0.15, 0.2) is 0 Å². The molecule has 156 valence electrons. The lowest BCUT2D eigenvalue weighted by atomic mass is 9.69. The largest absolute Gasteiger partial charge is 0.379 e. The molecule has 1 aliphatic heterocycles. The van der Waals surface area contributed by atoms with Crippen LogP contribution in [-0.4, -0.2) is 30.1 Å². The predicted molar refractivity (Wildman–Crippen MR) is 106 cm³/mol. The number of hydrogen-bond acceptors (Lipinski definition) is 2. The van der Waals surface area contributed by atoms with Crippen LogP contribution in [0.3, 0.4) is 0 Å². The number of hydrogen-bond donors (Lipinski definition) is 2. The van der Waals surface area contributed by atoms with Gasteiger partial charge in [0.1, 0.15) is 17.5 Å². The fourth-order valence-corrected chi connectivity index (χ4v) is 4.54. The van der Waals surface area contributed by atoms with Crippen molar-refractivity contribution in [1.82, 2.24) is 10.3 Å². The number of nitrogens with one attached hydrogen (secondary N) is 2. The quantitative estimate of drug-likeness (QED) is 0.653. The van der Waals surface area contributed by atoms with Crippen LogP contribution in [0.2, 0.25) is 0 Å². The molecular weight excluding hydrogens is 393 g/mol. The van der Waals surface area contributed by atoms with E-state index >= 15 is 0 Å². The molecule has 2 aromatic carbocycles. The first-order valence-electron chi connectivity index (χ1n) is 10.1. The van der Waals surface area contributed by atoms with Gasteiger partial charge in [-0.25, -0.2) is 13.2 Å². The van der Waals surface area contributed by atoms with Gasteiger partial charge in [-0.3, -0.25) is 4.79 Å². The van der Waals surface area contributed by atoms with Crippen LogP contribution in [-0.2, 0) is 9.53 Å². The Morgan fingerprint density at radius 2 is 1.83 bits per heavy atom. The molecule has 1 aromatic heterocycles. The highest BCUT2D eigenvalue weighted by Crippen LogP contribution is 2.48. The molecule has 1 saturated heterocycles. The molecule has 4 nitrogen and oxygen atoms in total. The highest BCUT2D eigenvalue weighted by atomic mass is 19.1. The fourth-order valence-electron chi connectivity index (χ4n) is 4.54. The minimum atomic E-state index is -0.672. The molecular formula is C23H21F3N2O2. The van der Waals surface area contributed by atoms with Crippen LogP contribution in [0.15, 0.2) is 36.4 Å². The van der Waals surface area contributed by atoms with Gasteiger partial charge >= 0.3 is 0 Å². The van der Waals surface area contributed by atoms with E-state index in [9.17, 15) is 18.0 Å². The smallest absolute Gasteiger partial charge is 0.223 e. The van der Waals surface area contributed by atoms with Crippen LogP contribution in [0.4, 0.5) is 13.2 Å². The van der Waals surface area contributed by atoms with Crippen LogP contribution in [0.5, 0.6) is 0 Å². The first kappa shape index (κ1) is 19.2. The number of carbonyl (C=O) groups excluding carboxylic acids is 1. The number of H-pyrrole nitrogens is 1. The van der Waals surface area contributed by atoms with Gasteiger partial charge in [0.05, 0.1) is 23.9 Å². The van der Waals surface area contributed by atoms with Crippen LogP contribution < -0.4 is 5.32 Å². The van der Waals surface area contributed by atoms with Gasteiger partial charge in [-0.2, -0.15) is 0 Å². The second kappa shape index (κ2) is 7.47. The van der Waals surface area contributed by atoms with Gasteiger partial charge in [0.25, 0.3) is 0 Å². The maximum atomic E-state index is 14.4. The number of carbonyl (C=O) groups is 1. The monoisotopic (exact) mass is 414 g/mol. The highest BCUT2D eigenvalue weighted by molar-refractivity contribution is 5.92. The summed E-state index contributed by atoms with van der Waals surface area (Å²) in [6, 6.07) is 8.12. The summed E-state index contributed by atoms with van der Waals surface area (Å²) >= 11 is 0. The first-order chi connectivity index (χ1) is 14.5. The van der Waals surface area contributed by atoms with Gasteiger partial charge in [-0.15, -0.1) is 0 Å². The van der Waals surface area contributed by atoms with Gasteiger partial charge in [0, 0.05) is 24.0 Å². The van der Waals surface area contributed by atoms with Crippen molar-refractivity contribution >= 4 is 16.8 Å². The summed E-state index contributed by atoms with van der Waals surface area (Å²) < 4.78 is 47.1. The second-order valence-corrected chi connectivity index (χ2v) is 8.17. The van der Waals surface area contributed by atoms with Crippen molar-refractivity contribution in [2.75, 3.05) is 13.2 Å². The summed E-state index contributed by atoms with van der Waals surface area (Å²) in [6.45, 7) is 1.20. The number of benzene rings is 2. The lowest BCUT2D eigenvalue weighted by molar-refractivity contribution is -0.128. The van der Waals surface area contributed by atoms with Crippen LogP contribution in [0, 0.1) is 23.4 Å². The van der Waals surface area contributed by atoms with E-state index in [1.54, 1.807) is 12.1 Å². The zero-order chi connectivity index (χ0) is 20.8. The Kier molecular flexibility index (Phi) is 4.77. The first-order valence-corrected chi connectivity index (χ1v) is 10.1. The Bertz CT molecular complexity index is 1100. The molecule has 1 amide bonds. The van der Waals surface area contributed by atoms with Crippen molar-refractivity contribution < 1.29 is 22.7 Å². The molecule has 2 aliphatic rings. The number of halogens is 3. The van der Waals surface area contributed by atoms with Crippen LogP contribution in [0.1, 0.15) is 30.7 Å². The molecule has 1 atom stereocenters. The van der Waals surface area contributed by atoms with Crippen LogP contribution in [0.25, 0.3) is 22.2 Å². The van der Waals surface area contributed by atoms with E-state index in [4.69, 9.17) is 4.74 Å². The van der Waals surface area contributed by atoms with Crippen molar-refractivity contribution in [1.29, 1.82) is 0 Å². The van der Waals surface area contributed by atoms with Crippen molar-refractivity contribution in [3.63, 3.8) is 0 Å². The maximum Gasteiger partial charge on any atom is 0.223 e. The van der Waals surface area contributed by atoms with Gasteiger partial charge in [0.2, 0.25) is 5.91 Å². The topological polar surface area (TPSA) is 54.1 Å². The molecule has 0 unspecified atom stereocenters. The molecule has 0 radical (unpaired) electrons. The lowest BCUT2D eigenvalue weighted by Gasteiger charge is -2.35. The summed E-state index contributed by atoms with van der Waals surface area (Å²) in [5, 5.41) is 3.49. The average molecular weight is 414 g/mol. The molecule has 2 fully saturated rings. The van der Waals surface area contributed by atoms with Crippen molar-refractivity contribution in [3.8, 4) is 11.3 Å². The van der Waals surface area contributed by atoms with Crippen molar-refractivity contribution in [2.24, 2.45) is 5.92 Å². The van der Waals surface area contributed by atoms with E-state index in [0.717, 1.165) is 18.1 Å². The summed E-state index contributed by atoms with van der Waals surface area (Å²) in [5.74, 6) is -1.85. The Morgan fingerprint density at radius 1 is 1.07 bits per heavy atom. The zero-order valence-corrected chi connectivity index (χ0v) is 16.2. The maximum absolute atomic E-state index is 14.4. The van der Waals surface area contributed by atoms with Crippen molar-refractivity contribution in [2.45, 2.75) is 31.2 Å². The third-order valence-corrected chi connectivity index (χ3v) is 6.19. The van der Waals surface area contributed by atoms with E-state index in [1.807, 2.05) is 0 Å². The number of fused-ring (bicyclic) bond motifs is 1. The van der Waals surface area contributed by atoms with Gasteiger partial charge < -0.3 is 15.0 Å². The minimum absolute atomic E-state index is 0.00212. The van der Waals surface area contributed by atoms with E-state index in [0.29, 0.717) is 42.7 Å². The highest BCUT2D eigenvalue weighted by Gasteiger charge is 2.39. The van der Waals surface area contributed by atoms with E-state index < -0.39 is 11.6 Å². The predicted octanol–water partition coefficient (Wildman–Crippen LogP) is 4.65. The lowest BCUT2D eigenvalue weighted by Crippen LogP contribution is -2.43. The number of aromatic amines is 1.